The Kier molecular flexibility index (Phi) is 4.07. The van der Waals surface area contributed by atoms with Crippen molar-refractivity contribution >= 4 is 5.82 Å². The first-order chi connectivity index (χ1) is 7.90. The van der Waals surface area contributed by atoms with E-state index in [1.807, 2.05) is 0 Å². The molecule has 0 saturated carbocycles. The first kappa shape index (κ1) is 11.3. The van der Waals surface area contributed by atoms with Gasteiger partial charge in [0.1, 0.15) is 12.1 Å². The molecule has 0 bridgehead atoms. The molecule has 1 aliphatic heterocycles. The number of rotatable bonds is 4. The minimum atomic E-state index is 0.706. The summed E-state index contributed by atoms with van der Waals surface area (Å²) in [5.74, 6) is 1.03. The Hall–Kier alpha value is -1.20. The average molecular weight is 222 g/mol. The fourth-order valence-corrected chi connectivity index (χ4v) is 1.80. The van der Waals surface area contributed by atoms with E-state index in [1.165, 1.54) is 0 Å². The molecule has 5 heteroatoms. The van der Waals surface area contributed by atoms with Crippen LogP contribution in [0.15, 0.2) is 12.4 Å². The van der Waals surface area contributed by atoms with Crippen LogP contribution >= 0.6 is 0 Å². The number of hydrogen-bond acceptors (Lipinski definition) is 5. The second kappa shape index (κ2) is 5.77. The van der Waals surface area contributed by atoms with E-state index in [2.05, 4.69) is 26.3 Å². The molecule has 1 aromatic heterocycles. The zero-order chi connectivity index (χ0) is 11.2. The van der Waals surface area contributed by atoms with Crippen molar-refractivity contribution < 1.29 is 4.74 Å². The highest BCUT2D eigenvalue weighted by Crippen LogP contribution is 2.11. The predicted molar refractivity (Wildman–Crippen MR) is 62.7 cm³/mol. The summed E-state index contributed by atoms with van der Waals surface area (Å²) in [6.45, 7) is 4.79. The highest BCUT2D eigenvalue weighted by Gasteiger charge is 2.11. The van der Waals surface area contributed by atoms with Crippen molar-refractivity contribution in [3.8, 4) is 0 Å². The fraction of sp³-hybridized carbons (Fsp3) is 0.636. The van der Waals surface area contributed by atoms with E-state index >= 15 is 0 Å². The Morgan fingerprint density at radius 3 is 2.94 bits per heavy atom. The van der Waals surface area contributed by atoms with Gasteiger partial charge in [-0.25, -0.2) is 9.97 Å². The molecule has 0 amide bonds. The van der Waals surface area contributed by atoms with Crippen LogP contribution in [0, 0.1) is 0 Å². The van der Waals surface area contributed by atoms with Gasteiger partial charge in [0.2, 0.25) is 0 Å². The maximum Gasteiger partial charge on any atom is 0.132 e. The predicted octanol–water partition coefficient (Wildman–Crippen LogP) is 0.0751. The van der Waals surface area contributed by atoms with Crippen molar-refractivity contribution in [1.82, 2.24) is 15.3 Å². The molecule has 1 aromatic rings. The van der Waals surface area contributed by atoms with Crippen LogP contribution in [0.25, 0.3) is 0 Å². The van der Waals surface area contributed by atoms with Gasteiger partial charge in [0.25, 0.3) is 0 Å². The lowest BCUT2D eigenvalue weighted by Gasteiger charge is -2.28. The van der Waals surface area contributed by atoms with Crippen LogP contribution in [0.3, 0.4) is 0 Å². The van der Waals surface area contributed by atoms with Crippen LogP contribution in [-0.2, 0) is 11.2 Å². The summed E-state index contributed by atoms with van der Waals surface area (Å²) in [5.41, 5.74) is 1.05. The van der Waals surface area contributed by atoms with E-state index in [0.29, 0.717) is 6.61 Å². The van der Waals surface area contributed by atoms with Crippen molar-refractivity contribution in [2.45, 2.75) is 6.42 Å². The second-order valence-electron chi connectivity index (χ2n) is 3.85. The maximum absolute atomic E-state index is 5.05. The summed E-state index contributed by atoms with van der Waals surface area (Å²) >= 11 is 0. The summed E-state index contributed by atoms with van der Waals surface area (Å²) in [6, 6.07) is 2.06. The Balaban J connectivity index is 2.02. The van der Waals surface area contributed by atoms with E-state index in [0.717, 1.165) is 44.1 Å². The van der Waals surface area contributed by atoms with Crippen molar-refractivity contribution in [3.63, 3.8) is 0 Å². The number of anilines is 1. The number of methoxy groups -OCH3 is 1. The quantitative estimate of drug-likeness (QED) is 0.781. The van der Waals surface area contributed by atoms with E-state index in [9.17, 15) is 0 Å². The third-order valence-corrected chi connectivity index (χ3v) is 2.71. The molecule has 2 rings (SSSR count). The SMILES string of the molecule is COCCc1cc(N2CCNCC2)ncn1. The summed E-state index contributed by atoms with van der Waals surface area (Å²) < 4.78 is 5.05. The molecule has 5 nitrogen and oxygen atoms in total. The maximum atomic E-state index is 5.05. The van der Waals surface area contributed by atoms with Gasteiger partial charge in [-0.05, 0) is 0 Å². The molecule has 1 fully saturated rings. The number of nitrogens with one attached hydrogen (secondary N) is 1. The number of piperazine rings is 1. The third kappa shape index (κ3) is 2.90. The Morgan fingerprint density at radius 2 is 2.19 bits per heavy atom. The molecule has 0 aliphatic carbocycles. The monoisotopic (exact) mass is 222 g/mol. The highest BCUT2D eigenvalue weighted by atomic mass is 16.5. The van der Waals surface area contributed by atoms with Crippen LogP contribution in [0.2, 0.25) is 0 Å². The Bertz CT molecular complexity index is 326. The van der Waals surface area contributed by atoms with E-state index in [4.69, 9.17) is 4.74 Å². The van der Waals surface area contributed by atoms with Gasteiger partial charge < -0.3 is 15.0 Å². The van der Waals surface area contributed by atoms with Gasteiger partial charge in [0.15, 0.2) is 0 Å². The van der Waals surface area contributed by atoms with Gasteiger partial charge in [-0.2, -0.15) is 0 Å². The van der Waals surface area contributed by atoms with Gasteiger partial charge in [0, 0.05) is 51.5 Å². The normalized spacial score (nSPS) is 16.4. The topological polar surface area (TPSA) is 50.3 Å². The Labute approximate surface area is 95.8 Å². The van der Waals surface area contributed by atoms with Crippen molar-refractivity contribution in [2.24, 2.45) is 0 Å². The smallest absolute Gasteiger partial charge is 0.132 e. The van der Waals surface area contributed by atoms with Gasteiger partial charge in [-0.15, -0.1) is 0 Å². The first-order valence-electron chi connectivity index (χ1n) is 5.65. The number of hydrogen-bond donors (Lipinski definition) is 1. The van der Waals surface area contributed by atoms with E-state index in [1.54, 1.807) is 13.4 Å². The molecule has 88 valence electrons. The number of nitrogens with zero attached hydrogens (tertiary/aromatic N) is 3. The summed E-state index contributed by atoms with van der Waals surface area (Å²) in [4.78, 5) is 10.8. The molecule has 1 saturated heterocycles. The number of aromatic nitrogens is 2. The minimum absolute atomic E-state index is 0.706. The zero-order valence-electron chi connectivity index (χ0n) is 9.65. The summed E-state index contributed by atoms with van der Waals surface area (Å²) in [6.07, 6.45) is 2.49. The standard InChI is InChI=1S/C11H18N4O/c1-16-7-2-10-8-11(14-9-13-10)15-5-3-12-4-6-15/h8-9,12H,2-7H2,1H3. The lowest BCUT2D eigenvalue weighted by Crippen LogP contribution is -2.43. The molecule has 2 heterocycles. The number of ether oxygens (including phenoxy) is 1. The van der Waals surface area contributed by atoms with Gasteiger partial charge in [-0.3, -0.25) is 0 Å². The molecular weight excluding hydrogens is 204 g/mol. The van der Waals surface area contributed by atoms with Crippen LogP contribution in [0.4, 0.5) is 5.82 Å². The van der Waals surface area contributed by atoms with Crippen LogP contribution in [0.5, 0.6) is 0 Å². The van der Waals surface area contributed by atoms with Gasteiger partial charge in [0.05, 0.1) is 6.61 Å². The first-order valence-corrected chi connectivity index (χ1v) is 5.65. The lowest BCUT2D eigenvalue weighted by molar-refractivity contribution is 0.201. The molecule has 0 spiro atoms. The molecule has 0 aromatic carbocycles. The fourth-order valence-electron chi connectivity index (χ4n) is 1.80. The van der Waals surface area contributed by atoms with Crippen molar-refractivity contribution in [1.29, 1.82) is 0 Å². The molecule has 1 N–H and O–H groups in total. The minimum Gasteiger partial charge on any atom is -0.384 e. The van der Waals surface area contributed by atoms with E-state index in [-0.39, 0.29) is 0 Å². The molecule has 1 aliphatic rings. The average Bonchev–Trinajstić information content (AvgIpc) is 2.38. The summed E-state index contributed by atoms with van der Waals surface area (Å²) in [7, 11) is 1.71. The molecule has 0 radical (unpaired) electrons. The van der Waals surface area contributed by atoms with Crippen LogP contribution in [0.1, 0.15) is 5.69 Å². The summed E-state index contributed by atoms with van der Waals surface area (Å²) in [5, 5.41) is 3.33. The highest BCUT2D eigenvalue weighted by molar-refractivity contribution is 5.39. The molecule has 0 atom stereocenters. The van der Waals surface area contributed by atoms with E-state index < -0.39 is 0 Å². The zero-order valence-corrected chi connectivity index (χ0v) is 9.65. The van der Waals surface area contributed by atoms with Gasteiger partial charge in [-0.1, -0.05) is 0 Å². The van der Waals surface area contributed by atoms with Crippen LogP contribution in [-0.4, -0.2) is 49.9 Å². The second-order valence-corrected chi connectivity index (χ2v) is 3.85. The Morgan fingerprint density at radius 1 is 1.38 bits per heavy atom. The molecule has 0 unspecified atom stereocenters. The third-order valence-electron chi connectivity index (χ3n) is 2.71. The van der Waals surface area contributed by atoms with Crippen LogP contribution < -0.4 is 10.2 Å². The molecular formula is C11H18N4O. The van der Waals surface area contributed by atoms with Crippen molar-refractivity contribution in [2.75, 3.05) is 44.8 Å². The van der Waals surface area contributed by atoms with Crippen molar-refractivity contribution in [3.05, 3.63) is 18.1 Å². The lowest BCUT2D eigenvalue weighted by atomic mass is 10.3. The largest absolute Gasteiger partial charge is 0.384 e. The molecule has 16 heavy (non-hydrogen) atoms. The van der Waals surface area contributed by atoms with Gasteiger partial charge >= 0.3 is 0 Å².